The summed E-state index contributed by atoms with van der Waals surface area (Å²) in [5.41, 5.74) is -0.840. The number of amides is 1. The van der Waals surface area contributed by atoms with Gasteiger partial charge in [-0.2, -0.15) is 0 Å². The fourth-order valence-corrected chi connectivity index (χ4v) is 4.69. The lowest BCUT2D eigenvalue weighted by Crippen LogP contribution is -2.65. The molecule has 0 saturated heterocycles. The second kappa shape index (κ2) is 6.53. The molecule has 2 fully saturated rings. The van der Waals surface area contributed by atoms with Gasteiger partial charge in [-0.3, -0.25) is 4.79 Å². The number of methoxy groups -OCH3 is 1. The molecule has 0 unspecified atom stereocenters. The lowest BCUT2D eigenvalue weighted by atomic mass is 9.69. The van der Waals surface area contributed by atoms with E-state index in [0.29, 0.717) is 5.56 Å². The van der Waals surface area contributed by atoms with E-state index in [-0.39, 0.29) is 17.7 Å². The number of carbonyl (C=O) groups excluding carboxylic acids is 2. The third-order valence-electron chi connectivity index (χ3n) is 5.63. The molecule has 2 saturated carbocycles. The van der Waals surface area contributed by atoms with Crippen molar-refractivity contribution in [1.29, 1.82) is 0 Å². The summed E-state index contributed by atoms with van der Waals surface area (Å²) in [4.78, 5) is 25.4. The van der Waals surface area contributed by atoms with Gasteiger partial charge in [-0.25, -0.2) is 4.79 Å². The highest BCUT2D eigenvalue weighted by molar-refractivity contribution is 5.98. The van der Waals surface area contributed by atoms with Crippen molar-refractivity contribution in [3.8, 4) is 0 Å². The minimum absolute atomic E-state index is 0.0891. The molecule has 2 aliphatic carbocycles. The molecule has 24 heavy (non-hydrogen) atoms. The minimum atomic E-state index is -1.28. The number of rotatable bonds is 5. The van der Waals surface area contributed by atoms with Crippen LogP contribution in [0.1, 0.15) is 29.6 Å². The third kappa shape index (κ3) is 2.50. The third-order valence-corrected chi connectivity index (χ3v) is 5.63. The summed E-state index contributed by atoms with van der Waals surface area (Å²) >= 11 is 0. The van der Waals surface area contributed by atoms with Crippen LogP contribution in [-0.2, 0) is 9.53 Å². The highest BCUT2D eigenvalue weighted by Crippen LogP contribution is 2.56. The molecule has 0 heterocycles. The summed E-state index contributed by atoms with van der Waals surface area (Å²) in [6, 6.07) is 8.65. The number of carbonyl (C=O) groups is 2. The molecule has 0 spiro atoms. The van der Waals surface area contributed by atoms with Crippen molar-refractivity contribution in [3.05, 3.63) is 35.9 Å². The van der Waals surface area contributed by atoms with Crippen molar-refractivity contribution in [1.82, 2.24) is 5.32 Å². The number of ether oxygens (including phenoxy) is 1. The molecule has 2 aliphatic rings. The van der Waals surface area contributed by atoms with Crippen molar-refractivity contribution < 1.29 is 24.5 Å². The molecule has 2 bridgehead atoms. The normalized spacial score (nSPS) is 32.4. The van der Waals surface area contributed by atoms with Crippen LogP contribution in [0.15, 0.2) is 30.3 Å². The zero-order chi connectivity index (χ0) is 17.3. The van der Waals surface area contributed by atoms with Crippen LogP contribution < -0.4 is 5.32 Å². The van der Waals surface area contributed by atoms with E-state index < -0.39 is 30.1 Å². The first kappa shape index (κ1) is 16.9. The van der Waals surface area contributed by atoms with Gasteiger partial charge in [0.2, 0.25) is 0 Å². The second-order valence-electron chi connectivity index (χ2n) is 6.73. The Kier molecular flexibility index (Phi) is 4.60. The summed E-state index contributed by atoms with van der Waals surface area (Å²) in [6.45, 7) is -0.451. The molecular formula is C18H23NO5. The summed E-state index contributed by atoms with van der Waals surface area (Å²) in [6.07, 6.45) is 1.34. The quantitative estimate of drug-likeness (QED) is 0.690. The first-order valence-corrected chi connectivity index (χ1v) is 8.29. The number of hydrogen-bond donors (Lipinski definition) is 3. The first-order valence-electron chi connectivity index (χ1n) is 8.29. The van der Waals surface area contributed by atoms with Gasteiger partial charge in [-0.05, 0) is 43.2 Å². The van der Waals surface area contributed by atoms with Crippen molar-refractivity contribution in [2.24, 2.45) is 17.8 Å². The van der Waals surface area contributed by atoms with Crippen LogP contribution in [0, 0.1) is 17.8 Å². The summed E-state index contributed by atoms with van der Waals surface area (Å²) < 4.78 is 5.01. The molecule has 3 rings (SSSR count). The number of fused-ring (bicyclic) bond motifs is 2. The Morgan fingerprint density at radius 2 is 2.04 bits per heavy atom. The Morgan fingerprint density at radius 1 is 1.33 bits per heavy atom. The highest BCUT2D eigenvalue weighted by atomic mass is 16.5. The number of aliphatic hydroxyl groups excluding tert-OH is 2. The van der Waals surface area contributed by atoms with Crippen LogP contribution in [0.3, 0.4) is 0 Å². The van der Waals surface area contributed by atoms with E-state index in [9.17, 15) is 19.8 Å². The Morgan fingerprint density at radius 3 is 2.67 bits per heavy atom. The number of aliphatic hydroxyl groups is 2. The lowest BCUT2D eigenvalue weighted by molar-refractivity contribution is -0.157. The molecule has 0 aliphatic heterocycles. The van der Waals surface area contributed by atoms with E-state index in [1.165, 1.54) is 7.11 Å². The fourth-order valence-electron chi connectivity index (χ4n) is 4.69. The van der Waals surface area contributed by atoms with Gasteiger partial charge in [0, 0.05) is 11.5 Å². The molecule has 1 aromatic rings. The van der Waals surface area contributed by atoms with E-state index in [0.717, 1.165) is 19.3 Å². The maximum Gasteiger partial charge on any atom is 0.332 e. The van der Waals surface area contributed by atoms with Crippen molar-refractivity contribution in [2.45, 2.75) is 30.9 Å². The van der Waals surface area contributed by atoms with Crippen LogP contribution in [0.5, 0.6) is 0 Å². The molecule has 3 N–H and O–H groups in total. The summed E-state index contributed by atoms with van der Waals surface area (Å²) in [5, 5.41) is 22.7. The van der Waals surface area contributed by atoms with Gasteiger partial charge in [-0.1, -0.05) is 18.2 Å². The maximum atomic E-state index is 12.7. The molecule has 1 aromatic carbocycles. The van der Waals surface area contributed by atoms with E-state index in [4.69, 9.17) is 4.74 Å². The largest absolute Gasteiger partial charge is 0.467 e. The standard InChI is InChI=1S/C18H23NO5/c1-24-17(23)18(19-16(22)11-5-3-2-4-6-11)13-8-7-12(9-13)15(18)14(21)10-20/h2-6,12-15,20-21H,7-10H2,1H3,(H,19,22)/t12-,13+,14-,15+,18+/m1/s1. The monoisotopic (exact) mass is 333 g/mol. The Hall–Kier alpha value is -1.92. The molecule has 130 valence electrons. The Labute approximate surface area is 140 Å². The smallest absolute Gasteiger partial charge is 0.332 e. The van der Waals surface area contributed by atoms with E-state index in [2.05, 4.69) is 5.32 Å². The second-order valence-corrected chi connectivity index (χ2v) is 6.73. The zero-order valence-electron chi connectivity index (χ0n) is 13.6. The first-order chi connectivity index (χ1) is 11.5. The molecule has 6 heteroatoms. The van der Waals surface area contributed by atoms with Crippen LogP contribution in [0.4, 0.5) is 0 Å². The predicted molar refractivity (Wildman–Crippen MR) is 86.1 cm³/mol. The average molecular weight is 333 g/mol. The average Bonchev–Trinajstić information content (AvgIpc) is 3.21. The lowest BCUT2D eigenvalue weighted by Gasteiger charge is -2.43. The van der Waals surface area contributed by atoms with E-state index in [1.807, 2.05) is 6.07 Å². The van der Waals surface area contributed by atoms with Gasteiger partial charge in [0.25, 0.3) is 5.91 Å². The molecular weight excluding hydrogens is 310 g/mol. The molecule has 0 aromatic heterocycles. The van der Waals surface area contributed by atoms with Gasteiger partial charge >= 0.3 is 5.97 Å². The number of benzene rings is 1. The van der Waals surface area contributed by atoms with Crippen LogP contribution in [0.25, 0.3) is 0 Å². The maximum absolute atomic E-state index is 12.7. The topological polar surface area (TPSA) is 95.9 Å². The fraction of sp³-hybridized carbons (Fsp3) is 0.556. The Bertz CT molecular complexity index is 619. The van der Waals surface area contributed by atoms with Crippen LogP contribution >= 0.6 is 0 Å². The molecule has 1 amide bonds. The van der Waals surface area contributed by atoms with Gasteiger partial charge < -0.3 is 20.3 Å². The molecule has 6 nitrogen and oxygen atoms in total. The Balaban J connectivity index is 1.98. The minimum Gasteiger partial charge on any atom is -0.467 e. The highest BCUT2D eigenvalue weighted by Gasteiger charge is 2.65. The van der Waals surface area contributed by atoms with Gasteiger partial charge in [-0.15, -0.1) is 0 Å². The van der Waals surface area contributed by atoms with E-state index >= 15 is 0 Å². The number of nitrogens with one attached hydrogen (secondary N) is 1. The van der Waals surface area contributed by atoms with Crippen LogP contribution in [0.2, 0.25) is 0 Å². The van der Waals surface area contributed by atoms with Crippen molar-refractivity contribution >= 4 is 11.9 Å². The summed E-state index contributed by atoms with van der Waals surface area (Å²) in [5.74, 6) is -1.46. The van der Waals surface area contributed by atoms with Crippen molar-refractivity contribution in [3.63, 3.8) is 0 Å². The zero-order valence-corrected chi connectivity index (χ0v) is 13.6. The molecule has 5 atom stereocenters. The van der Waals surface area contributed by atoms with Gasteiger partial charge in [0.05, 0.1) is 19.8 Å². The summed E-state index contributed by atoms with van der Waals surface area (Å²) in [7, 11) is 1.28. The van der Waals surface area contributed by atoms with E-state index in [1.54, 1.807) is 24.3 Å². The number of esters is 1. The van der Waals surface area contributed by atoms with Gasteiger partial charge in [0.15, 0.2) is 0 Å². The van der Waals surface area contributed by atoms with Gasteiger partial charge in [0.1, 0.15) is 5.54 Å². The van der Waals surface area contributed by atoms with Crippen molar-refractivity contribution in [2.75, 3.05) is 13.7 Å². The van der Waals surface area contributed by atoms with Crippen LogP contribution in [-0.4, -0.2) is 47.4 Å². The number of hydrogen-bond acceptors (Lipinski definition) is 5. The molecule has 0 radical (unpaired) electrons. The SMILES string of the molecule is COC(=O)[C@]1(NC(=O)c2ccccc2)[C@H]2CC[C@H](C2)[C@H]1[C@H](O)CO. The predicted octanol–water partition coefficient (Wildman–Crippen LogP) is 0.727.